The fourth-order valence-electron chi connectivity index (χ4n) is 1.87. The van der Waals surface area contributed by atoms with Crippen LogP contribution in [0.3, 0.4) is 0 Å². The summed E-state index contributed by atoms with van der Waals surface area (Å²) in [4.78, 5) is 10.3. The normalized spacial score (nSPS) is 10.8. The summed E-state index contributed by atoms with van der Waals surface area (Å²) in [5, 5.41) is 8.49. The molecule has 0 aliphatic heterocycles. The van der Waals surface area contributed by atoms with E-state index in [1.54, 1.807) is 13.2 Å². The Morgan fingerprint density at radius 2 is 2.12 bits per heavy atom. The number of carboxylic acids is 1. The van der Waals surface area contributed by atoms with Gasteiger partial charge in [0.2, 0.25) is 0 Å². The smallest absolute Gasteiger partial charge is 0.327 e. The highest BCUT2D eigenvalue weighted by Gasteiger charge is 2.06. The fraction of sp³-hybridized carbons (Fsp3) is 0.357. The fourth-order valence-corrected chi connectivity index (χ4v) is 1.87. The quantitative estimate of drug-likeness (QED) is 0.797. The van der Waals surface area contributed by atoms with Gasteiger partial charge in [-0.3, -0.25) is 0 Å². The molecular formula is C14H18O3. The molecule has 3 nitrogen and oxygen atoms in total. The Balaban J connectivity index is 2.79. The van der Waals surface area contributed by atoms with E-state index in [9.17, 15) is 4.79 Å². The number of rotatable bonds is 5. The molecule has 0 atom stereocenters. The lowest BCUT2D eigenvalue weighted by Crippen LogP contribution is -1.96. The zero-order chi connectivity index (χ0) is 12.8. The second kappa shape index (κ2) is 6.09. The van der Waals surface area contributed by atoms with Crippen LogP contribution in [0.5, 0.6) is 5.75 Å². The molecule has 1 N–H and O–H groups in total. The molecule has 0 aromatic heterocycles. The van der Waals surface area contributed by atoms with Gasteiger partial charge in [0.05, 0.1) is 7.11 Å². The number of carbonyl (C=O) groups is 1. The van der Waals surface area contributed by atoms with Crippen LogP contribution in [0.2, 0.25) is 0 Å². The Hall–Kier alpha value is -1.77. The van der Waals surface area contributed by atoms with Crippen molar-refractivity contribution in [1.82, 2.24) is 0 Å². The summed E-state index contributed by atoms with van der Waals surface area (Å²) in [5.74, 6) is -0.0242. The van der Waals surface area contributed by atoms with Gasteiger partial charge in [-0.05, 0) is 49.4 Å². The monoisotopic (exact) mass is 234 g/mol. The number of hydrogen-bond acceptors (Lipinski definition) is 2. The Labute approximate surface area is 102 Å². The first kappa shape index (κ1) is 13.3. The first-order chi connectivity index (χ1) is 8.04. The van der Waals surface area contributed by atoms with E-state index in [0.717, 1.165) is 17.7 Å². The third-order valence-electron chi connectivity index (χ3n) is 2.62. The van der Waals surface area contributed by atoms with Crippen LogP contribution in [-0.2, 0) is 11.2 Å². The van der Waals surface area contributed by atoms with Gasteiger partial charge in [0.1, 0.15) is 5.75 Å². The number of aryl methyl sites for hydroxylation is 2. The molecule has 0 aliphatic carbocycles. The molecular weight excluding hydrogens is 216 g/mol. The van der Waals surface area contributed by atoms with E-state index in [2.05, 4.69) is 6.07 Å². The number of ether oxygens (including phenoxy) is 1. The van der Waals surface area contributed by atoms with E-state index in [-0.39, 0.29) is 0 Å². The van der Waals surface area contributed by atoms with Crippen molar-refractivity contribution in [3.63, 3.8) is 0 Å². The van der Waals surface area contributed by atoms with E-state index < -0.39 is 5.97 Å². The van der Waals surface area contributed by atoms with Gasteiger partial charge >= 0.3 is 5.97 Å². The van der Waals surface area contributed by atoms with E-state index in [1.807, 2.05) is 19.9 Å². The maximum Gasteiger partial charge on any atom is 0.327 e. The van der Waals surface area contributed by atoms with Crippen LogP contribution in [0, 0.1) is 13.8 Å². The molecule has 0 unspecified atom stereocenters. The van der Waals surface area contributed by atoms with Crippen LogP contribution in [0.1, 0.15) is 23.1 Å². The van der Waals surface area contributed by atoms with Crippen LogP contribution in [0.4, 0.5) is 0 Å². The maximum absolute atomic E-state index is 10.3. The van der Waals surface area contributed by atoms with Gasteiger partial charge in [0.25, 0.3) is 0 Å². The van der Waals surface area contributed by atoms with Gasteiger partial charge in [-0.2, -0.15) is 0 Å². The second-order valence-electron chi connectivity index (χ2n) is 4.04. The lowest BCUT2D eigenvalue weighted by molar-refractivity contribution is -0.131. The molecule has 0 spiro atoms. The molecule has 3 heteroatoms. The SMILES string of the molecule is COc1cc(C)cc(C)c1CC/C=C/C(=O)O. The zero-order valence-electron chi connectivity index (χ0n) is 10.5. The molecule has 17 heavy (non-hydrogen) atoms. The lowest BCUT2D eigenvalue weighted by atomic mass is 10.00. The Kier molecular flexibility index (Phi) is 4.76. The molecule has 92 valence electrons. The summed E-state index contributed by atoms with van der Waals surface area (Å²) in [6.07, 6.45) is 4.34. The third kappa shape index (κ3) is 3.94. The number of aliphatic carboxylic acids is 1. The molecule has 1 aromatic carbocycles. The van der Waals surface area contributed by atoms with Gasteiger partial charge in [-0.1, -0.05) is 12.1 Å². The van der Waals surface area contributed by atoms with Crippen LogP contribution < -0.4 is 4.74 Å². The van der Waals surface area contributed by atoms with Crippen molar-refractivity contribution in [2.45, 2.75) is 26.7 Å². The Bertz CT molecular complexity index is 433. The molecule has 0 aliphatic rings. The van der Waals surface area contributed by atoms with Gasteiger partial charge in [-0.25, -0.2) is 4.79 Å². The number of allylic oxidation sites excluding steroid dienone is 1. The van der Waals surface area contributed by atoms with Crippen molar-refractivity contribution in [1.29, 1.82) is 0 Å². The Morgan fingerprint density at radius 3 is 2.71 bits per heavy atom. The van der Waals surface area contributed by atoms with Crippen LogP contribution in [0.15, 0.2) is 24.3 Å². The molecule has 0 radical (unpaired) electrons. The van der Waals surface area contributed by atoms with Crippen LogP contribution in [-0.4, -0.2) is 18.2 Å². The van der Waals surface area contributed by atoms with Crippen molar-refractivity contribution in [2.24, 2.45) is 0 Å². The third-order valence-corrected chi connectivity index (χ3v) is 2.62. The number of hydrogen-bond donors (Lipinski definition) is 1. The molecule has 0 bridgehead atoms. The van der Waals surface area contributed by atoms with Gasteiger partial charge in [-0.15, -0.1) is 0 Å². The molecule has 0 heterocycles. The van der Waals surface area contributed by atoms with E-state index in [1.165, 1.54) is 17.2 Å². The van der Waals surface area contributed by atoms with Crippen molar-refractivity contribution >= 4 is 5.97 Å². The average molecular weight is 234 g/mol. The van der Waals surface area contributed by atoms with Gasteiger partial charge in [0, 0.05) is 6.08 Å². The maximum atomic E-state index is 10.3. The summed E-state index contributed by atoms with van der Waals surface area (Å²) < 4.78 is 5.34. The summed E-state index contributed by atoms with van der Waals surface area (Å²) in [6, 6.07) is 4.11. The molecule has 0 amide bonds. The molecule has 1 rings (SSSR count). The molecule has 0 saturated carbocycles. The summed E-state index contributed by atoms with van der Waals surface area (Å²) in [5.41, 5.74) is 3.50. The molecule has 1 aromatic rings. The summed E-state index contributed by atoms with van der Waals surface area (Å²) >= 11 is 0. The standard InChI is InChI=1S/C14H18O3/c1-10-8-11(2)12(13(9-10)17-3)6-4-5-7-14(15)16/h5,7-9H,4,6H2,1-3H3,(H,15,16)/b7-5+. The predicted molar refractivity (Wildman–Crippen MR) is 67.6 cm³/mol. The second-order valence-corrected chi connectivity index (χ2v) is 4.04. The van der Waals surface area contributed by atoms with Crippen molar-refractivity contribution in [3.8, 4) is 5.75 Å². The Morgan fingerprint density at radius 1 is 1.41 bits per heavy atom. The summed E-state index contributed by atoms with van der Waals surface area (Å²) in [7, 11) is 1.66. The van der Waals surface area contributed by atoms with Gasteiger partial charge in [0.15, 0.2) is 0 Å². The minimum absolute atomic E-state index is 0.701. The minimum Gasteiger partial charge on any atom is -0.496 e. The number of carboxylic acid groups (broad SMARTS) is 1. The molecule has 0 saturated heterocycles. The van der Waals surface area contributed by atoms with Crippen LogP contribution in [0.25, 0.3) is 0 Å². The van der Waals surface area contributed by atoms with Crippen molar-refractivity contribution in [3.05, 3.63) is 41.0 Å². The average Bonchev–Trinajstić information content (AvgIpc) is 2.25. The minimum atomic E-state index is -0.905. The van der Waals surface area contributed by atoms with E-state index in [4.69, 9.17) is 9.84 Å². The largest absolute Gasteiger partial charge is 0.496 e. The van der Waals surface area contributed by atoms with E-state index in [0.29, 0.717) is 6.42 Å². The first-order valence-electron chi connectivity index (χ1n) is 5.58. The lowest BCUT2D eigenvalue weighted by Gasteiger charge is -2.12. The predicted octanol–water partition coefficient (Wildman–Crippen LogP) is 2.89. The highest BCUT2D eigenvalue weighted by molar-refractivity contribution is 5.79. The van der Waals surface area contributed by atoms with Gasteiger partial charge < -0.3 is 9.84 Å². The highest BCUT2D eigenvalue weighted by Crippen LogP contribution is 2.25. The number of methoxy groups -OCH3 is 1. The topological polar surface area (TPSA) is 46.5 Å². The van der Waals surface area contributed by atoms with E-state index >= 15 is 0 Å². The zero-order valence-corrected chi connectivity index (χ0v) is 10.5. The number of benzene rings is 1. The van der Waals surface area contributed by atoms with Crippen LogP contribution >= 0.6 is 0 Å². The molecule has 0 fully saturated rings. The van der Waals surface area contributed by atoms with Crippen molar-refractivity contribution < 1.29 is 14.6 Å². The highest BCUT2D eigenvalue weighted by atomic mass is 16.5. The first-order valence-corrected chi connectivity index (χ1v) is 5.58. The summed E-state index contributed by atoms with van der Waals surface area (Å²) in [6.45, 7) is 4.08. The van der Waals surface area contributed by atoms with Crippen molar-refractivity contribution in [2.75, 3.05) is 7.11 Å².